The normalized spacial score (nSPS) is 25.4. The third-order valence-corrected chi connectivity index (χ3v) is 7.11. The van der Waals surface area contributed by atoms with Gasteiger partial charge in [-0.15, -0.1) is 0 Å². The third-order valence-electron chi connectivity index (χ3n) is 7.11. The highest BCUT2D eigenvalue weighted by atomic mass is 16.2. The van der Waals surface area contributed by atoms with Crippen LogP contribution in [0.4, 0.5) is 0 Å². The molecule has 2 heterocycles. The lowest BCUT2D eigenvalue weighted by atomic mass is 9.89. The molecule has 0 spiro atoms. The summed E-state index contributed by atoms with van der Waals surface area (Å²) in [4.78, 5) is 42.8. The second kappa shape index (κ2) is 7.38. The lowest BCUT2D eigenvalue weighted by Gasteiger charge is -2.40. The van der Waals surface area contributed by atoms with E-state index in [0.717, 1.165) is 31.2 Å². The van der Waals surface area contributed by atoms with E-state index in [1.807, 2.05) is 23.1 Å². The molecule has 0 bridgehead atoms. The van der Waals surface area contributed by atoms with Crippen LogP contribution in [0.25, 0.3) is 0 Å². The highest BCUT2D eigenvalue weighted by Gasteiger charge is 2.42. The number of amides is 3. The zero-order chi connectivity index (χ0) is 20.8. The number of fused-ring (bicyclic) bond motifs is 2. The molecule has 5 nitrogen and oxygen atoms in total. The number of carbonyl (C=O) groups is 3. The number of hydrogen-bond donors (Lipinski definition) is 0. The van der Waals surface area contributed by atoms with Gasteiger partial charge in [-0.2, -0.15) is 0 Å². The van der Waals surface area contributed by atoms with Crippen LogP contribution in [0, 0.1) is 11.8 Å². The molecule has 1 saturated carbocycles. The second-order valence-electron chi connectivity index (χ2n) is 8.78. The Morgan fingerprint density at radius 1 is 0.967 bits per heavy atom. The molecule has 2 aromatic carbocycles. The van der Waals surface area contributed by atoms with E-state index in [4.69, 9.17) is 0 Å². The van der Waals surface area contributed by atoms with E-state index < -0.39 is 0 Å². The summed E-state index contributed by atoms with van der Waals surface area (Å²) in [6.07, 6.45) is 3.91. The maximum atomic E-state index is 13.5. The van der Waals surface area contributed by atoms with Crippen LogP contribution in [0.15, 0.2) is 48.5 Å². The number of benzene rings is 2. The summed E-state index contributed by atoms with van der Waals surface area (Å²) >= 11 is 0. The molecule has 0 radical (unpaired) electrons. The van der Waals surface area contributed by atoms with Crippen molar-refractivity contribution in [2.45, 2.75) is 38.6 Å². The average molecular weight is 402 g/mol. The van der Waals surface area contributed by atoms with Crippen molar-refractivity contribution >= 4 is 17.7 Å². The Kier molecular flexibility index (Phi) is 4.69. The summed E-state index contributed by atoms with van der Waals surface area (Å²) < 4.78 is 0. The first-order chi connectivity index (χ1) is 14.6. The van der Waals surface area contributed by atoms with Gasteiger partial charge in [0.05, 0.1) is 23.7 Å². The molecule has 0 saturated heterocycles. The standard InChI is InChI=1S/C25H26N2O3/c1-16-7-6-12-18(16)23(28)26-14-13-17-8-2-3-9-19(17)22(26)15-27-24(29)20-10-4-5-11-21(20)25(27)30/h2-5,8-11,16,18,22H,6-7,12-15H2,1H3/t16?,18?,22-/m1/s1. The average Bonchev–Trinajstić information content (AvgIpc) is 3.30. The van der Waals surface area contributed by atoms with Gasteiger partial charge < -0.3 is 4.90 Å². The molecule has 0 N–H and O–H groups in total. The van der Waals surface area contributed by atoms with Gasteiger partial charge in [0.1, 0.15) is 0 Å². The van der Waals surface area contributed by atoms with Crippen LogP contribution in [0.3, 0.4) is 0 Å². The van der Waals surface area contributed by atoms with Crippen molar-refractivity contribution in [3.05, 3.63) is 70.8 Å². The van der Waals surface area contributed by atoms with Crippen LogP contribution >= 0.6 is 0 Å². The molecule has 3 amide bonds. The number of rotatable bonds is 3. The van der Waals surface area contributed by atoms with Crippen molar-refractivity contribution in [1.29, 1.82) is 0 Å². The van der Waals surface area contributed by atoms with Crippen molar-refractivity contribution in [3.63, 3.8) is 0 Å². The summed E-state index contributed by atoms with van der Waals surface area (Å²) in [5, 5.41) is 0. The van der Waals surface area contributed by atoms with E-state index >= 15 is 0 Å². The quantitative estimate of drug-likeness (QED) is 0.733. The van der Waals surface area contributed by atoms with Crippen LogP contribution in [0.5, 0.6) is 0 Å². The van der Waals surface area contributed by atoms with Gasteiger partial charge in [-0.3, -0.25) is 19.3 Å². The molecule has 2 aromatic rings. The van der Waals surface area contributed by atoms with Crippen LogP contribution in [-0.4, -0.2) is 40.6 Å². The predicted octanol–water partition coefficient (Wildman–Crippen LogP) is 3.84. The lowest BCUT2D eigenvalue weighted by Crippen LogP contribution is -2.48. The molecule has 30 heavy (non-hydrogen) atoms. The molecule has 3 atom stereocenters. The second-order valence-corrected chi connectivity index (χ2v) is 8.78. The zero-order valence-electron chi connectivity index (χ0n) is 17.2. The van der Waals surface area contributed by atoms with E-state index in [-0.39, 0.29) is 36.2 Å². The largest absolute Gasteiger partial charge is 0.333 e. The number of carbonyl (C=O) groups excluding carboxylic acids is 3. The monoisotopic (exact) mass is 402 g/mol. The lowest BCUT2D eigenvalue weighted by molar-refractivity contribution is -0.139. The summed E-state index contributed by atoms with van der Waals surface area (Å²) in [5.41, 5.74) is 3.16. The van der Waals surface area contributed by atoms with Crippen LogP contribution in [0.2, 0.25) is 0 Å². The van der Waals surface area contributed by atoms with Crippen LogP contribution < -0.4 is 0 Å². The Morgan fingerprint density at radius 3 is 2.30 bits per heavy atom. The number of nitrogens with zero attached hydrogens (tertiary/aromatic N) is 2. The number of hydrogen-bond acceptors (Lipinski definition) is 3. The van der Waals surface area contributed by atoms with Crippen molar-refractivity contribution < 1.29 is 14.4 Å². The highest BCUT2D eigenvalue weighted by Crippen LogP contribution is 2.38. The third kappa shape index (κ3) is 2.95. The minimum absolute atomic E-state index is 0.0416. The summed E-state index contributed by atoms with van der Waals surface area (Å²) in [6.45, 7) is 3.00. The van der Waals surface area contributed by atoms with Gasteiger partial charge in [-0.05, 0) is 48.4 Å². The van der Waals surface area contributed by atoms with Gasteiger partial charge >= 0.3 is 0 Å². The van der Waals surface area contributed by atoms with Gasteiger partial charge in [-0.25, -0.2) is 0 Å². The van der Waals surface area contributed by atoms with Gasteiger partial charge in [0.25, 0.3) is 11.8 Å². The highest BCUT2D eigenvalue weighted by molar-refractivity contribution is 6.21. The Bertz CT molecular complexity index is 996. The molecule has 0 aromatic heterocycles. The maximum Gasteiger partial charge on any atom is 0.261 e. The first-order valence-corrected chi connectivity index (χ1v) is 10.9. The summed E-state index contributed by atoms with van der Waals surface area (Å²) in [6, 6.07) is 14.8. The Hall–Kier alpha value is -2.95. The fourth-order valence-electron chi connectivity index (χ4n) is 5.42. The van der Waals surface area contributed by atoms with Crippen molar-refractivity contribution in [2.24, 2.45) is 11.8 Å². The Balaban J connectivity index is 1.49. The number of imide groups is 1. The molecule has 5 rings (SSSR count). The van der Waals surface area contributed by atoms with E-state index in [2.05, 4.69) is 13.0 Å². The predicted molar refractivity (Wildman–Crippen MR) is 113 cm³/mol. The minimum Gasteiger partial charge on any atom is -0.333 e. The molecule has 2 unspecified atom stereocenters. The fraction of sp³-hybridized carbons (Fsp3) is 0.400. The zero-order valence-corrected chi connectivity index (χ0v) is 17.2. The molecule has 2 aliphatic heterocycles. The minimum atomic E-state index is -0.294. The molecular formula is C25H26N2O3. The first-order valence-electron chi connectivity index (χ1n) is 10.9. The molecular weight excluding hydrogens is 376 g/mol. The smallest absolute Gasteiger partial charge is 0.261 e. The Labute approximate surface area is 176 Å². The van der Waals surface area contributed by atoms with Crippen LogP contribution in [-0.2, 0) is 11.2 Å². The molecule has 154 valence electrons. The summed E-state index contributed by atoms with van der Waals surface area (Å²) in [7, 11) is 0. The van der Waals surface area contributed by atoms with Crippen LogP contribution in [0.1, 0.15) is 64.1 Å². The van der Waals surface area contributed by atoms with Crippen molar-refractivity contribution in [3.8, 4) is 0 Å². The maximum absolute atomic E-state index is 13.5. The topological polar surface area (TPSA) is 57.7 Å². The van der Waals surface area contributed by atoms with E-state index in [9.17, 15) is 14.4 Å². The van der Waals surface area contributed by atoms with Gasteiger partial charge in [0.2, 0.25) is 5.91 Å². The molecule has 1 fully saturated rings. The SMILES string of the molecule is CC1CCCC1C(=O)N1CCc2ccccc2[C@H]1CN1C(=O)c2ccccc2C1=O. The van der Waals surface area contributed by atoms with Gasteiger partial charge in [0.15, 0.2) is 0 Å². The molecule has 3 aliphatic rings. The van der Waals surface area contributed by atoms with E-state index in [1.54, 1.807) is 24.3 Å². The van der Waals surface area contributed by atoms with Crippen molar-refractivity contribution in [1.82, 2.24) is 9.80 Å². The fourth-order valence-corrected chi connectivity index (χ4v) is 5.42. The molecule has 1 aliphatic carbocycles. The molecule has 5 heteroatoms. The van der Waals surface area contributed by atoms with Crippen molar-refractivity contribution in [2.75, 3.05) is 13.1 Å². The van der Waals surface area contributed by atoms with E-state index in [0.29, 0.717) is 23.6 Å². The van der Waals surface area contributed by atoms with Gasteiger partial charge in [0, 0.05) is 12.5 Å². The first kappa shape index (κ1) is 19.0. The van der Waals surface area contributed by atoms with Gasteiger partial charge in [-0.1, -0.05) is 49.7 Å². The summed E-state index contributed by atoms with van der Waals surface area (Å²) in [5.74, 6) is 0.0752. The Morgan fingerprint density at radius 2 is 1.63 bits per heavy atom. The van der Waals surface area contributed by atoms with E-state index in [1.165, 1.54) is 10.5 Å².